The molecule has 1 saturated heterocycles. The molecular weight excluding hydrogens is 264 g/mol. The third-order valence-electron chi connectivity index (χ3n) is 4.25. The van der Waals surface area contributed by atoms with Crippen LogP contribution in [0.15, 0.2) is 36.7 Å². The highest BCUT2D eigenvalue weighted by Crippen LogP contribution is 2.24. The first-order chi connectivity index (χ1) is 10.3. The van der Waals surface area contributed by atoms with E-state index in [9.17, 15) is 9.90 Å². The van der Waals surface area contributed by atoms with Crippen LogP contribution >= 0.6 is 0 Å². The smallest absolute Gasteiger partial charge is 0.256 e. The molecule has 2 heterocycles. The van der Waals surface area contributed by atoms with E-state index >= 15 is 0 Å². The van der Waals surface area contributed by atoms with E-state index in [2.05, 4.69) is 4.98 Å². The molecule has 2 aromatic rings. The molecule has 21 heavy (non-hydrogen) atoms. The van der Waals surface area contributed by atoms with Crippen molar-refractivity contribution in [3.05, 3.63) is 42.2 Å². The van der Waals surface area contributed by atoms with Crippen LogP contribution in [0.5, 0.6) is 0 Å². The normalized spacial score (nSPS) is 18.9. The van der Waals surface area contributed by atoms with Gasteiger partial charge in [0, 0.05) is 37.0 Å². The first kappa shape index (κ1) is 14.0. The Morgan fingerprint density at radius 1 is 1.29 bits per heavy atom. The van der Waals surface area contributed by atoms with Crippen LogP contribution in [0.25, 0.3) is 10.8 Å². The first-order valence-corrected chi connectivity index (χ1v) is 7.56. The van der Waals surface area contributed by atoms with Gasteiger partial charge < -0.3 is 10.0 Å². The number of hydrogen-bond acceptors (Lipinski definition) is 3. The fourth-order valence-corrected chi connectivity index (χ4v) is 3.16. The summed E-state index contributed by atoms with van der Waals surface area (Å²) in [4.78, 5) is 19.0. The van der Waals surface area contributed by atoms with Gasteiger partial charge in [0.2, 0.25) is 0 Å². The van der Waals surface area contributed by atoms with E-state index in [-0.39, 0.29) is 18.6 Å². The summed E-state index contributed by atoms with van der Waals surface area (Å²) in [6.07, 6.45) is 7.24. The van der Waals surface area contributed by atoms with Gasteiger partial charge in [-0.1, -0.05) is 24.3 Å². The lowest BCUT2D eigenvalue weighted by molar-refractivity contribution is 0.0576. The van der Waals surface area contributed by atoms with E-state index in [1.807, 2.05) is 29.2 Å². The van der Waals surface area contributed by atoms with Crippen molar-refractivity contribution in [2.75, 3.05) is 13.2 Å². The number of pyridine rings is 1. The second-order valence-electron chi connectivity index (χ2n) is 5.57. The van der Waals surface area contributed by atoms with Gasteiger partial charge in [-0.3, -0.25) is 9.78 Å². The largest absolute Gasteiger partial charge is 0.396 e. The maximum atomic E-state index is 12.9. The molecule has 1 fully saturated rings. The topological polar surface area (TPSA) is 53.4 Å². The fraction of sp³-hybridized carbons (Fsp3) is 0.412. The van der Waals surface area contributed by atoms with Crippen LogP contribution in [-0.2, 0) is 0 Å². The van der Waals surface area contributed by atoms with E-state index in [1.54, 1.807) is 12.4 Å². The first-order valence-electron chi connectivity index (χ1n) is 7.56. The van der Waals surface area contributed by atoms with Gasteiger partial charge in [-0.05, 0) is 31.1 Å². The number of aliphatic hydroxyl groups excluding tert-OH is 1. The Morgan fingerprint density at radius 3 is 3.00 bits per heavy atom. The second kappa shape index (κ2) is 6.22. The molecule has 1 unspecified atom stereocenters. The molecule has 4 nitrogen and oxygen atoms in total. The number of rotatable bonds is 3. The molecule has 0 spiro atoms. The quantitative estimate of drug-likeness (QED) is 0.942. The third kappa shape index (κ3) is 2.76. The number of likely N-dealkylation sites (tertiary alicyclic amines) is 1. The Morgan fingerprint density at radius 2 is 2.14 bits per heavy atom. The number of carbonyl (C=O) groups excluding carboxylic acids is 1. The zero-order chi connectivity index (χ0) is 14.7. The van der Waals surface area contributed by atoms with Crippen molar-refractivity contribution in [2.24, 2.45) is 0 Å². The minimum absolute atomic E-state index is 0.0393. The number of aromatic nitrogens is 1. The van der Waals surface area contributed by atoms with Crippen molar-refractivity contribution in [3.63, 3.8) is 0 Å². The Kier molecular flexibility index (Phi) is 4.15. The number of amides is 1. The minimum atomic E-state index is 0.0393. The molecule has 0 saturated carbocycles. The molecule has 1 atom stereocenters. The van der Waals surface area contributed by atoms with Crippen LogP contribution in [0.3, 0.4) is 0 Å². The Labute approximate surface area is 124 Å². The number of aliphatic hydroxyl groups is 1. The lowest BCUT2D eigenvalue weighted by Crippen LogP contribution is -2.44. The van der Waals surface area contributed by atoms with Crippen molar-refractivity contribution in [3.8, 4) is 0 Å². The molecule has 0 radical (unpaired) electrons. The maximum Gasteiger partial charge on any atom is 0.256 e. The molecule has 1 N–H and O–H groups in total. The number of fused-ring (bicyclic) bond motifs is 1. The summed E-state index contributed by atoms with van der Waals surface area (Å²) in [5.74, 6) is 0.0393. The standard InChI is InChI=1S/C17H20N2O2/c20-10-8-14-6-3-4-9-19(14)17(21)16-12-18-11-13-5-1-2-7-15(13)16/h1-2,5,7,11-12,14,20H,3-4,6,8-10H2. The third-order valence-corrected chi connectivity index (χ3v) is 4.25. The van der Waals surface area contributed by atoms with Crippen LogP contribution in [0.1, 0.15) is 36.0 Å². The van der Waals surface area contributed by atoms with Gasteiger partial charge >= 0.3 is 0 Å². The van der Waals surface area contributed by atoms with Gasteiger partial charge in [0.1, 0.15) is 0 Å². The summed E-state index contributed by atoms with van der Waals surface area (Å²) in [5.41, 5.74) is 0.665. The minimum Gasteiger partial charge on any atom is -0.396 e. The highest BCUT2D eigenvalue weighted by Gasteiger charge is 2.27. The molecule has 0 aliphatic carbocycles. The van der Waals surface area contributed by atoms with Crippen LogP contribution in [0, 0.1) is 0 Å². The summed E-state index contributed by atoms with van der Waals surface area (Å²) in [5, 5.41) is 11.1. The lowest BCUT2D eigenvalue weighted by atomic mass is 9.97. The number of piperidine rings is 1. The van der Waals surface area contributed by atoms with E-state index in [1.165, 1.54) is 0 Å². The van der Waals surface area contributed by atoms with Crippen molar-refractivity contribution >= 4 is 16.7 Å². The summed E-state index contributed by atoms with van der Waals surface area (Å²) >= 11 is 0. The van der Waals surface area contributed by atoms with Gasteiger partial charge in [0.15, 0.2) is 0 Å². The predicted octanol–water partition coefficient (Wildman–Crippen LogP) is 2.61. The monoisotopic (exact) mass is 284 g/mol. The van der Waals surface area contributed by atoms with Gasteiger partial charge in [-0.15, -0.1) is 0 Å². The molecule has 1 aromatic carbocycles. The zero-order valence-corrected chi connectivity index (χ0v) is 12.0. The van der Waals surface area contributed by atoms with Gasteiger partial charge in [-0.25, -0.2) is 0 Å². The number of nitrogens with zero attached hydrogens (tertiary/aromatic N) is 2. The Bertz CT molecular complexity index is 634. The van der Waals surface area contributed by atoms with Crippen LogP contribution in [0.4, 0.5) is 0 Å². The molecule has 1 aromatic heterocycles. The number of hydrogen-bond donors (Lipinski definition) is 1. The molecule has 1 amide bonds. The highest BCUT2D eigenvalue weighted by atomic mass is 16.3. The summed E-state index contributed by atoms with van der Waals surface area (Å²) in [6, 6.07) is 7.99. The van der Waals surface area contributed by atoms with E-state index in [4.69, 9.17) is 0 Å². The number of carbonyl (C=O) groups is 1. The van der Waals surface area contributed by atoms with Crippen molar-refractivity contribution in [1.29, 1.82) is 0 Å². The molecule has 4 heteroatoms. The van der Waals surface area contributed by atoms with Crippen molar-refractivity contribution in [2.45, 2.75) is 31.7 Å². The molecule has 0 bridgehead atoms. The van der Waals surface area contributed by atoms with Crippen LogP contribution in [-0.4, -0.2) is 40.1 Å². The van der Waals surface area contributed by atoms with E-state index in [0.717, 1.165) is 36.6 Å². The highest BCUT2D eigenvalue weighted by molar-refractivity contribution is 6.06. The molecule has 3 rings (SSSR count). The van der Waals surface area contributed by atoms with Gasteiger partial charge in [0.05, 0.1) is 5.56 Å². The van der Waals surface area contributed by atoms with Crippen molar-refractivity contribution < 1.29 is 9.90 Å². The molecule has 1 aliphatic heterocycles. The Balaban J connectivity index is 1.95. The lowest BCUT2D eigenvalue weighted by Gasteiger charge is -2.35. The molecule has 110 valence electrons. The zero-order valence-electron chi connectivity index (χ0n) is 12.0. The van der Waals surface area contributed by atoms with Crippen LogP contribution < -0.4 is 0 Å². The average Bonchev–Trinajstić information content (AvgIpc) is 2.54. The summed E-state index contributed by atoms with van der Waals surface area (Å²) < 4.78 is 0. The van der Waals surface area contributed by atoms with E-state index < -0.39 is 0 Å². The SMILES string of the molecule is O=C(c1cncc2ccccc12)N1CCCCC1CCO. The second-order valence-corrected chi connectivity index (χ2v) is 5.57. The summed E-state index contributed by atoms with van der Waals surface area (Å²) in [6.45, 7) is 0.898. The number of benzene rings is 1. The maximum absolute atomic E-state index is 12.9. The predicted molar refractivity (Wildman–Crippen MR) is 82.1 cm³/mol. The van der Waals surface area contributed by atoms with Crippen LogP contribution in [0.2, 0.25) is 0 Å². The van der Waals surface area contributed by atoms with E-state index in [0.29, 0.717) is 12.0 Å². The van der Waals surface area contributed by atoms with Gasteiger partial charge in [0.25, 0.3) is 5.91 Å². The Hall–Kier alpha value is -1.94. The average molecular weight is 284 g/mol. The molecular formula is C17H20N2O2. The summed E-state index contributed by atoms with van der Waals surface area (Å²) in [7, 11) is 0. The molecule has 1 aliphatic rings. The van der Waals surface area contributed by atoms with Crippen molar-refractivity contribution in [1.82, 2.24) is 9.88 Å². The van der Waals surface area contributed by atoms with Gasteiger partial charge in [-0.2, -0.15) is 0 Å². The fourth-order valence-electron chi connectivity index (χ4n) is 3.16.